The summed E-state index contributed by atoms with van der Waals surface area (Å²) in [4.78, 5) is 4.53. The molecule has 0 aliphatic carbocycles. The molecule has 12 heteroatoms. The summed E-state index contributed by atoms with van der Waals surface area (Å²) in [6.45, 7) is 18.0. The summed E-state index contributed by atoms with van der Waals surface area (Å²) in [5.41, 5.74) is 0. The molecule has 6 aromatic carbocycles. The lowest BCUT2D eigenvalue weighted by molar-refractivity contribution is -0.00100. The molecule has 0 spiro atoms. The third-order valence-electron chi connectivity index (χ3n) is 14.3. The zero-order chi connectivity index (χ0) is 52.5. The maximum Gasteiger partial charge on any atom is 0.163 e. The number of hydrogen-bond donors (Lipinski definition) is 0. The first-order valence-corrected chi connectivity index (χ1v) is 34.2. The van der Waals surface area contributed by atoms with E-state index < -0.39 is 0 Å². The molecule has 0 aromatic heterocycles. The molecule has 3 aliphatic heterocycles. The van der Waals surface area contributed by atoms with Crippen molar-refractivity contribution < 1.29 is 42.5 Å². The monoisotopic (exact) mass is 1130 g/mol. The molecule has 0 amide bonds. The molecule has 3 fully saturated rings. The van der Waals surface area contributed by atoms with Crippen LogP contribution in [0, 0.1) is 0 Å². The lowest BCUT2D eigenvalue weighted by Gasteiger charge is -2.13. The van der Waals surface area contributed by atoms with Gasteiger partial charge < -0.3 is 42.5 Å². The second-order valence-corrected chi connectivity index (χ2v) is 27.1. The Morgan fingerprint density at radius 3 is 0.744 bits per heavy atom. The first-order chi connectivity index (χ1) is 37.0. The Morgan fingerprint density at radius 2 is 0.513 bits per heavy atom. The first-order valence-electron chi connectivity index (χ1n) is 29.5. The lowest BCUT2D eigenvalue weighted by atomic mass is 10.1. The Labute approximate surface area is 476 Å². The van der Waals surface area contributed by atoms with Crippen LogP contribution in [0.25, 0.3) is 32.3 Å². The van der Waals surface area contributed by atoms with Crippen LogP contribution in [-0.4, -0.2) is 74.2 Å². The minimum absolute atomic E-state index is 0. The van der Waals surface area contributed by atoms with Crippen LogP contribution in [0.3, 0.4) is 0 Å². The largest absolute Gasteiger partial charge is 1.00 e. The van der Waals surface area contributed by atoms with Crippen molar-refractivity contribution in [3.8, 4) is 34.5 Å². The molecule has 3 heterocycles. The maximum absolute atomic E-state index is 6.08. The van der Waals surface area contributed by atoms with E-state index in [4.69, 9.17) is 28.4 Å². The molecule has 0 bridgehead atoms. The molecule has 0 saturated carbocycles. The Balaban J connectivity index is 0.000000248. The van der Waals surface area contributed by atoms with Crippen molar-refractivity contribution in [1.82, 2.24) is 0 Å². The van der Waals surface area contributed by atoms with E-state index in [1.54, 1.807) is 0 Å². The van der Waals surface area contributed by atoms with Crippen LogP contribution >= 0.6 is 0 Å². The van der Waals surface area contributed by atoms with Gasteiger partial charge in [0.1, 0.15) is 69.0 Å². The zero-order valence-corrected chi connectivity index (χ0v) is 50.6. The second-order valence-electron chi connectivity index (χ2n) is 20.3. The van der Waals surface area contributed by atoms with Crippen molar-refractivity contribution >= 4 is 65.0 Å². The Bertz CT molecular complexity index is 2330. The van der Waals surface area contributed by atoms with Crippen molar-refractivity contribution in [2.24, 2.45) is 0 Å². The molecule has 0 radical (unpaired) electrons. The summed E-state index contributed by atoms with van der Waals surface area (Å²) >= 11 is 0. The Kier molecular flexibility index (Phi) is 31.3. The van der Waals surface area contributed by atoms with Gasteiger partial charge in [0.15, 0.2) is 14.7 Å². The summed E-state index contributed by atoms with van der Waals surface area (Å²) in [7, 11) is 1.18. The molecule has 0 atom stereocenters. The van der Waals surface area contributed by atoms with Crippen LogP contribution < -0.4 is 42.5 Å². The molecule has 0 N–H and O–H groups in total. The van der Waals surface area contributed by atoms with Gasteiger partial charge in [0.05, 0.1) is 39.6 Å². The third-order valence-corrected chi connectivity index (χ3v) is 21.9. The molecule has 6 nitrogen and oxygen atoms in total. The lowest BCUT2D eigenvalue weighted by Crippen LogP contribution is -3.00. The number of fused-ring (bicyclic) bond motifs is 3. The van der Waals surface area contributed by atoms with Gasteiger partial charge in [-0.2, -0.15) is 0 Å². The molecular weight excluding hydrogens is 1040 g/mol. The van der Waals surface area contributed by atoms with Crippen LogP contribution in [0.1, 0.15) is 157 Å². The molecule has 3 aliphatic rings. The van der Waals surface area contributed by atoms with Gasteiger partial charge in [0.25, 0.3) is 0 Å². The number of rotatable bonds is 27. The summed E-state index contributed by atoms with van der Waals surface area (Å²) in [6.07, 6.45) is 21.8. The fourth-order valence-electron chi connectivity index (χ4n) is 9.83. The third kappa shape index (κ3) is 19.2. The summed E-state index contributed by atoms with van der Waals surface area (Å²) in [6, 6.07) is 33.2. The van der Waals surface area contributed by atoms with Gasteiger partial charge in [0.2, 0.25) is 0 Å². The summed E-state index contributed by atoms with van der Waals surface area (Å²) in [5, 5.41) is 7.76. The summed E-state index contributed by atoms with van der Waals surface area (Å²) < 4.78 is 36.2. The fraction of sp³-hybridized carbons (Fsp3) is 0.545. The van der Waals surface area contributed by atoms with E-state index in [-0.39, 0.29) is 14.1 Å². The Morgan fingerprint density at radius 1 is 0.282 bits per heavy atom. The highest BCUT2D eigenvalue weighted by Gasteiger charge is 2.32. The first kappa shape index (κ1) is 66.3. The van der Waals surface area contributed by atoms with Gasteiger partial charge >= 0.3 is 0 Å². The average Bonchev–Trinajstić information content (AvgIpc) is 4.29. The van der Waals surface area contributed by atoms with E-state index in [1.807, 2.05) is 0 Å². The van der Waals surface area contributed by atoms with Crippen LogP contribution in [-0.2, 0) is 32.7 Å². The van der Waals surface area contributed by atoms with E-state index in [1.165, 1.54) is 120 Å². The Hall–Kier alpha value is -4.26. The molecular formula is C66H93F3O6S3. The van der Waals surface area contributed by atoms with E-state index >= 15 is 0 Å². The number of halogens is 3. The van der Waals surface area contributed by atoms with E-state index in [0.29, 0.717) is 32.7 Å². The average molecular weight is 1140 g/mol. The standard InChI is InChI=1S/3C22H31O2S.3FH/c3*1-3-5-13-23-18-9-10-19-20(17-18)22(25-15-7-8-16-25)12-11-21(19)24-14-6-4-2;;;/h3*9-12,17H,3-8,13-16H2,1-2H3;3*1H/q3*+1;;;/p-3. The van der Waals surface area contributed by atoms with Crippen LogP contribution in [0.5, 0.6) is 34.5 Å². The molecule has 3 saturated heterocycles. The zero-order valence-electron chi connectivity index (χ0n) is 48.2. The molecule has 9 rings (SSSR count). The number of ether oxygens (including phenoxy) is 6. The van der Waals surface area contributed by atoms with E-state index in [2.05, 4.69) is 133 Å². The highest BCUT2D eigenvalue weighted by atomic mass is 32.2. The van der Waals surface area contributed by atoms with E-state index in [0.717, 1.165) is 151 Å². The number of unbranched alkanes of at least 4 members (excludes halogenated alkanes) is 6. The van der Waals surface area contributed by atoms with Gasteiger partial charge in [0, 0.05) is 65.0 Å². The summed E-state index contributed by atoms with van der Waals surface area (Å²) in [5.74, 6) is 14.1. The number of benzene rings is 6. The van der Waals surface area contributed by atoms with Gasteiger partial charge in [-0.15, -0.1) is 0 Å². The molecule has 432 valence electrons. The van der Waals surface area contributed by atoms with Crippen LogP contribution in [0.2, 0.25) is 0 Å². The van der Waals surface area contributed by atoms with Crippen molar-refractivity contribution in [2.75, 3.05) is 74.2 Å². The topological polar surface area (TPSA) is 55.4 Å². The predicted molar refractivity (Wildman–Crippen MR) is 328 cm³/mol. The SMILES string of the molecule is CCCCOc1ccc2c(OCCCC)ccc([S+]3CCCC3)c2c1.CCCCOc1ccc2c(OCCCC)ccc([S+]3CCCC3)c2c1.CCCCOc1ccc2c(OCCCC)ccc([S+]3CCCC3)c2c1.[F-].[F-].[F-]. The smallest absolute Gasteiger partial charge is 0.163 e. The quantitative estimate of drug-likeness (QED) is 0.0380. The fourth-order valence-corrected chi connectivity index (χ4v) is 17.3. The molecule has 0 unspecified atom stereocenters. The van der Waals surface area contributed by atoms with E-state index in [9.17, 15) is 0 Å². The van der Waals surface area contributed by atoms with Gasteiger partial charge in [-0.1, -0.05) is 80.1 Å². The maximum atomic E-state index is 6.08. The highest BCUT2D eigenvalue weighted by Crippen LogP contribution is 2.40. The van der Waals surface area contributed by atoms with Crippen molar-refractivity contribution in [2.45, 2.75) is 172 Å². The molecule has 78 heavy (non-hydrogen) atoms. The normalized spacial score (nSPS) is 14.4. The van der Waals surface area contributed by atoms with Crippen molar-refractivity contribution in [1.29, 1.82) is 0 Å². The van der Waals surface area contributed by atoms with Crippen LogP contribution in [0.15, 0.2) is 106 Å². The number of hydrogen-bond acceptors (Lipinski definition) is 6. The predicted octanol–water partition coefficient (Wildman–Crippen LogP) is 8.92. The minimum atomic E-state index is 0. The van der Waals surface area contributed by atoms with Gasteiger partial charge in [-0.25, -0.2) is 0 Å². The highest BCUT2D eigenvalue weighted by molar-refractivity contribution is 7.97. The second kappa shape index (κ2) is 36.9. The van der Waals surface area contributed by atoms with Crippen molar-refractivity contribution in [3.63, 3.8) is 0 Å². The van der Waals surface area contributed by atoms with Crippen molar-refractivity contribution in [3.05, 3.63) is 91.0 Å². The van der Waals surface area contributed by atoms with Gasteiger partial charge in [-0.3, -0.25) is 0 Å². The minimum Gasteiger partial charge on any atom is -1.00 e. The molecule has 6 aromatic rings. The van der Waals surface area contributed by atoms with Gasteiger partial charge in [-0.05, 0) is 168 Å². The van der Waals surface area contributed by atoms with Crippen LogP contribution in [0.4, 0.5) is 0 Å².